The number of carbonyl (C=O) groups is 1. The molecule has 3 heteroatoms. The number of rotatable bonds is 8. The maximum absolute atomic E-state index is 14.6. The van der Waals surface area contributed by atoms with Crippen LogP contribution in [0.15, 0.2) is 36.4 Å². The first-order valence-corrected chi connectivity index (χ1v) is 17.0. The zero-order valence-corrected chi connectivity index (χ0v) is 25.0. The van der Waals surface area contributed by atoms with Crippen LogP contribution in [0, 0.1) is 0 Å². The number of benzene rings is 2. The van der Waals surface area contributed by atoms with E-state index >= 15 is 0 Å². The second kappa shape index (κ2) is 13.8. The Kier molecular flexibility index (Phi) is 9.71. The van der Waals surface area contributed by atoms with Crippen LogP contribution >= 0.6 is 0 Å². The van der Waals surface area contributed by atoms with Crippen LogP contribution in [-0.4, -0.2) is 41.8 Å². The van der Waals surface area contributed by atoms with E-state index in [1.807, 2.05) is 0 Å². The SMILES string of the molecule is O=C(c1ccc(CN2CCCCC2)cc1C1CCCCC1)c1ccc(CN2CCCCC2)cc1C1CCCCC1. The minimum absolute atomic E-state index is 0.287. The van der Waals surface area contributed by atoms with Gasteiger partial charge in [0.2, 0.25) is 0 Å². The predicted molar refractivity (Wildman–Crippen MR) is 166 cm³/mol. The second-order valence-electron chi connectivity index (χ2n) is 13.5. The minimum atomic E-state index is 0.287. The Morgan fingerprint density at radius 3 is 1.30 bits per heavy atom. The third-order valence-electron chi connectivity index (χ3n) is 10.5. The number of carbonyl (C=O) groups excluding carboxylic acids is 1. The lowest BCUT2D eigenvalue weighted by atomic mass is 9.77. The van der Waals surface area contributed by atoms with Gasteiger partial charge in [-0.05, 0) is 112 Å². The summed E-state index contributed by atoms with van der Waals surface area (Å²) in [6.45, 7) is 6.93. The van der Waals surface area contributed by atoms with Gasteiger partial charge in [-0.3, -0.25) is 14.6 Å². The van der Waals surface area contributed by atoms with E-state index in [1.165, 1.54) is 151 Å². The highest BCUT2D eigenvalue weighted by molar-refractivity contribution is 6.11. The number of nitrogens with zero attached hydrogens (tertiary/aromatic N) is 2. The molecule has 4 fully saturated rings. The van der Waals surface area contributed by atoms with Crippen LogP contribution in [0.4, 0.5) is 0 Å². The van der Waals surface area contributed by atoms with Gasteiger partial charge in [0.25, 0.3) is 0 Å². The summed E-state index contributed by atoms with van der Waals surface area (Å²) < 4.78 is 0. The fourth-order valence-corrected chi connectivity index (χ4v) is 8.23. The molecule has 0 atom stereocenters. The molecule has 6 rings (SSSR count). The number of hydrogen-bond acceptors (Lipinski definition) is 3. The summed E-state index contributed by atoms with van der Waals surface area (Å²) >= 11 is 0. The highest BCUT2D eigenvalue weighted by Gasteiger charge is 2.27. The summed E-state index contributed by atoms with van der Waals surface area (Å²) in [4.78, 5) is 19.8. The third kappa shape index (κ3) is 6.90. The van der Waals surface area contributed by atoms with Crippen molar-refractivity contribution >= 4 is 5.78 Å². The molecule has 2 aromatic rings. The fraction of sp³-hybridized carbons (Fsp3) is 0.649. The molecule has 0 bridgehead atoms. The highest BCUT2D eigenvalue weighted by atomic mass is 16.1. The van der Waals surface area contributed by atoms with Crippen LogP contribution in [0.3, 0.4) is 0 Å². The fourth-order valence-electron chi connectivity index (χ4n) is 8.23. The van der Waals surface area contributed by atoms with Gasteiger partial charge in [0, 0.05) is 24.2 Å². The second-order valence-corrected chi connectivity index (χ2v) is 13.5. The molecule has 0 unspecified atom stereocenters. The van der Waals surface area contributed by atoms with Crippen LogP contribution in [0.25, 0.3) is 0 Å². The van der Waals surface area contributed by atoms with Crippen molar-refractivity contribution in [2.75, 3.05) is 26.2 Å². The Bertz CT molecular complexity index is 1030. The van der Waals surface area contributed by atoms with Gasteiger partial charge in [0.05, 0.1) is 0 Å². The standard InChI is InChI=1S/C37H52N2O/c40-37(33-19-17-29(27-38-21-9-3-10-22-38)25-35(33)31-13-5-1-6-14-31)34-20-18-30(28-39-23-11-4-12-24-39)26-36(34)32-15-7-2-8-16-32/h17-20,25-26,31-32H,1-16,21-24,27-28H2. The zero-order valence-electron chi connectivity index (χ0n) is 25.0. The molecule has 0 radical (unpaired) electrons. The smallest absolute Gasteiger partial charge is 0.193 e. The van der Waals surface area contributed by atoms with Gasteiger partial charge in [-0.15, -0.1) is 0 Å². The molecule has 216 valence electrons. The molecule has 3 nitrogen and oxygen atoms in total. The molecule has 2 aliphatic carbocycles. The first kappa shape index (κ1) is 28.2. The number of piperidine rings is 2. The van der Waals surface area contributed by atoms with E-state index in [1.54, 1.807) is 0 Å². The van der Waals surface area contributed by atoms with E-state index < -0.39 is 0 Å². The first-order chi connectivity index (χ1) is 19.7. The van der Waals surface area contributed by atoms with Gasteiger partial charge in [-0.25, -0.2) is 0 Å². The molecule has 0 spiro atoms. The van der Waals surface area contributed by atoms with E-state index in [2.05, 4.69) is 46.2 Å². The Hall–Kier alpha value is -1.97. The lowest BCUT2D eigenvalue weighted by Crippen LogP contribution is -2.29. The molecule has 40 heavy (non-hydrogen) atoms. The monoisotopic (exact) mass is 540 g/mol. The van der Waals surface area contributed by atoms with Crippen molar-refractivity contribution in [3.63, 3.8) is 0 Å². The number of hydrogen-bond donors (Lipinski definition) is 0. The number of likely N-dealkylation sites (tertiary alicyclic amines) is 2. The maximum Gasteiger partial charge on any atom is 0.193 e. The zero-order chi connectivity index (χ0) is 27.1. The van der Waals surface area contributed by atoms with Crippen LogP contribution in [0.1, 0.15) is 153 Å². The normalized spacial score (nSPS) is 22.4. The quantitative estimate of drug-likeness (QED) is 0.312. The summed E-state index contributed by atoms with van der Waals surface area (Å²) in [5.74, 6) is 1.35. The Balaban J connectivity index is 1.32. The van der Waals surface area contributed by atoms with Gasteiger partial charge in [-0.2, -0.15) is 0 Å². The van der Waals surface area contributed by atoms with Crippen molar-refractivity contribution < 1.29 is 4.79 Å². The largest absolute Gasteiger partial charge is 0.299 e. The number of ketones is 1. The van der Waals surface area contributed by atoms with E-state index in [0.29, 0.717) is 11.8 Å². The molecule has 2 saturated heterocycles. The van der Waals surface area contributed by atoms with Gasteiger partial charge in [0.15, 0.2) is 5.78 Å². The lowest BCUT2D eigenvalue weighted by molar-refractivity contribution is 0.103. The summed E-state index contributed by atoms with van der Waals surface area (Å²) in [7, 11) is 0. The molecular formula is C37H52N2O. The molecule has 2 aromatic carbocycles. The van der Waals surface area contributed by atoms with Crippen LogP contribution in [-0.2, 0) is 13.1 Å². The van der Waals surface area contributed by atoms with Gasteiger partial charge >= 0.3 is 0 Å². The van der Waals surface area contributed by atoms with Crippen LogP contribution in [0.2, 0.25) is 0 Å². The predicted octanol–water partition coefficient (Wildman–Crippen LogP) is 8.98. The van der Waals surface area contributed by atoms with Crippen molar-refractivity contribution in [3.05, 3.63) is 69.8 Å². The first-order valence-electron chi connectivity index (χ1n) is 17.0. The van der Waals surface area contributed by atoms with Crippen molar-refractivity contribution in [1.29, 1.82) is 0 Å². The van der Waals surface area contributed by atoms with Gasteiger partial charge in [-0.1, -0.05) is 87.8 Å². The summed E-state index contributed by atoms with van der Waals surface area (Å²) in [6, 6.07) is 13.9. The van der Waals surface area contributed by atoms with E-state index in [4.69, 9.17) is 0 Å². The van der Waals surface area contributed by atoms with Crippen LogP contribution in [0.5, 0.6) is 0 Å². The maximum atomic E-state index is 14.6. The van der Waals surface area contributed by atoms with Crippen LogP contribution < -0.4 is 0 Å². The third-order valence-corrected chi connectivity index (χ3v) is 10.5. The molecule has 2 saturated carbocycles. The Morgan fingerprint density at radius 1 is 0.525 bits per heavy atom. The van der Waals surface area contributed by atoms with Crippen molar-refractivity contribution in [2.45, 2.75) is 128 Å². The molecular weight excluding hydrogens is 488 g/mol. The van der Waals surface area contributed by atoms with Crippen molar-refractivity contribution in [1.82, 2.24) is 9.80 Å². The lowest BCUT2D eigenvalue weighted by Gasteiger charge is -2.29. The summed E-state index contributed by atoms with van der Waals surface area (Å²) in [5.41, 5.74) is 7.51. The molecule has 4 aliphatic rings. The van der Waals surface area contributed by atoms with E-state index in [0.717, 1.165) is 24.2 Å². The average Bonchev–Trinajstić information content (AvgIpc) is 3.02. The Labute approximate surface area is 243 Å². The highest BCUT2D eigenvalue weighted by Crippen LogP contribution is 2.39. The minimum Gasteiger partial charge on any atom is -0.299 e. The van der Waals surface area contributed by atoms with E-state index in [-0.39, 0.29) is 5.78 Å². The average molecular weight is 541 g/mol. The van der Waals surface area contributed by atoms with Gasteiger partial charge < -0.3 is 0 Å². The summed E-state index contributed by atoms with van der Waals surface area (Å²) in [6.07, 6.45) is 20.9. The van der Waals surface area contributed by atoms with Crippen molar-refractivity contribution in [3.8, 4) is 0 Å². The van der Waals surface area contributed by atoms with Crippen molar-refractivity contribution in [2.24, 2.45) is 0 Å². The molecule has 0 amide bonds. The molecule has 0 aromatic heterocycles. The van der Waals surface area contributed by atoms with Gasteiger partial charge in [0.1, 0.15) is 0 Å². The Morgan fingerprint density at radius 2 is 0.900 bits per heavy atom. The topological polar surface area (TPSA) is 23.6 Å². The van der Waals surface area contributed by atoms with E-state index in [9.17, 15) is 4.79 Å². The molecule has 2 heterocycles. The summed E-state index contributed by atoms with van der Waals surface area (Å²) in [5, 5.41) is 0. The molecule has 0 N–H and O–H groups in total. The molecule has 2 aliphatic heterocycles.